The van der Waals surface area contributed by atoms with Crippen LogP contribution in [0.5, 0.6) is 5.75 Å². The molecule has 0 amide bonds. The first kappa shape index (κ1) is 21.3. The van der Waals surface area contributed by atoms with Gasteiger partial charge in [-0.3, -0.25) is 4.72 Å². The van der Waals surface area contributed by atoms with Gasteiger partial charge < -0.3 is 4.74 Å². The molecule has 0 aliphatic carbocycles. The van der Waals surface area contributed by atoms with E-state index in [9.17, 15) is 8.42 Å². The second-order valence-corrected chi connectivity index (χ2v) is 10.1. The van der Waals surface area contributed by atoms with Gasteiger partial charge in [0.25, 0.3) is 10.0 Å². The molecule has 3 aromatic rings. The summed E-state index contributed by atoms with van der Waals surface area (Å²) in [5.74, 6) is 1.34. The molecular weight excluding hydrogens is 529 g/mol. The van der Waals surface area contributed by atoms with Crippen LogP contribution in [0.2, 0.25) is 5.02 Å². The van der Waals surface area contributed by atoms with E-state index in [2.05, 4.69) is 27.3 Å². The molecular formula is C20H17ClINO3S2. The van der Waals surface area contributed by atoms with Gasteiger partial charge in [0, 0.05) is 15.7 Å². The lowest BCUT2D eigenvalue weighted by Gasteiger charge is -2.13. The molecule has 0 heterocycles. The zero-order chi connectivity index (χ0) is 20.1. The topological polar surface area (TPSA) is 55.4 Å². The van der Waals surface area contributed by atoms with Gasteiger partial charge in [-0.05, 0) is 70.6 Å². The van der Waals surface area contributed by atoms with Crippen molar-refractivity contribution < 1.29 is 13.2 Å². The van der Waals surface area contributed by atoms with Crippen molar-refractivity contribution in [2.45, 2.75) is 15.5 Å². The van der Waals surface area contributed by atoms with Crippen LogP contribution in [0.1, 0.15) is 5.56 Å². The summed E-state index contributed by atoms with van der Waals surface area (Å²) in [6.07, 6.45) is 0. The number of nitrogens with one attached hydrogen (secondary N) is 1. The lowest BCUT2D eigenvalue weighted by atomic mass is 10.2. The summed E-state index contributed by atoms with van der Waals surface area (Å²) in [6.45, 7) is 0. The fourth-order valence-electron chi connectivity index (χ4n) is 2.44. The Morgan fingerprint density at radius 2 is 1.79 bits per heavy atom. The number of methoxy groups -OCH3 is 1. The normalized spacial score (nSPS) is 11.2. The van der Waals surface area contributed by atoms with E-state index in [1.807, 2.05) is 42.5 Å². The van der Waals surface area contributed by atoms with Gasteiger partial charge in [0.15, 0.2) is 0 Å². The standard InChI is InChI=1S/C20H17ClINO3S2/c1-26-19-11-10-16(12-17(19)22)28(24,25)23-18-4-2-3-5-20(18)27-13-14-6-8-15(21)9-7-14/h2-12,23H,13H2,1H3. The highest BCUT2D eigenvalue weighted by atomic mass is 127. The van der Waals surface area contributed by atoms with E-state index in [0.29, 0.717) is 22.2 Å². The maximum atomic E-state index is 12.8. The van der Waals surface area contributed by atoms with E-state index in [1.54, 1.807) is 37.1 Å². The maximum Gasteiger partial charge on any atom is 0.261 e. The Kier molecular flexibility index (Phi) is 7.14. The van der Waals surface area contributed by atoms with Crippen LogP contribution in [-0.2, 0) is 15.8 Å². The van der Waals surface area contributed by atoms with Crippen LogP contribution >= 0.6 is 46.0 Å². The molecule has 0 atom stereocenters. The first-order valence-electron chi connectivity index (χ1n) is 8.22. The summed E-state index contributed by atoms with van der Waals surface area (Å²) >= 11 is 9.54. The van der Waals surface area contributed by atoms with Gasteiger partial charge in [-0.15, -0.1) is 11.8 Å². The fraction of sp³-hybridized carbons (Fsp3) is 0.100. The number of benzene rings is 3. The number of ether oxygens (including phenoxy) is 1. The zero-order valence-corrected chi connectivity index (χ0v) is 19.4. The molecule has 0 aromatic heterocycles. The fourth-order valence-corrected chi connectivity index (χ4v) is 5.64. The second-order valence-electron chi connectivity index (χ2n) is 5.81. The van der Waals surface area contributed by atoms with Gasteiger partial charge in [-0.1, -0.05) is 35.9 Å². The summed E-state index contributed by atoms with van der Waals surface area (Å²) < 4.78 is 34.3. The molecule has 8 heteroatoms. The molecule has 3 rings (SSSR count). The van der Waals surface area contributed by atoms with Crippen LogP contribution in [-0.4, -0.2) is 15.5 Å². The molecule has 28 heavy (non-hydrogen) atoms. The van der Waals surface area contributed by atoms with Crippen LogP contribution in [0.4, 0.5) is 5.69 Å². The van der Waals surface area contributed by atoms with E-state index in [1.165, 1.54) is 6.07 Å². The van der Waals surface area contributed by atoms with Gasteiger partial charge in [0.2, 0.25) is 0 Å². The Morgan fingerprint density at radius 3 is 2.46 bits per heavy atom. The quantitative estimate of drug-likeness (QED) is 0.290. The molecule has 0 saturated heterocycles. The number of rotatable bonds is 7. The Hall–Kier alpha value is -1.42. The lowest BCUT2D eigenvalue weighted by Crippen LogP contribution is -2.13. The monoisotopic (exact) mass is 545 g/mol. The van der Waals surface area contributed by atoms with E-state index < -0.39 is 10.0 Å². The molecule has 0 spiro atoms. The molecule has 0 saturated carbocycles. The van der Waals surface area contributed by atoms with Crippen LogP contribution in [0, 0.1) is 3.57 Å². The summed E-state index contributed by atoms with van der Waals surface area (Å²) in [5, 5.41) is 0.691. The smallest absolute Gasteiger partial charge is 0.261 e. The van der Waals surface area contributed by atoms with Crippen molar-refractivity contribution in [2.75, 3.05) is 11.8 Å². The minimum atomic E-state index is -3.71. The first-order valence-corrected chi connectivity index (χ1v) is 12.1. The maximum absolute atomic E-state index is 12.8. The highest BCUT2D eigenvalue weighted by molar-refractivity contribution is 14.1. The third-order valence-corrected chi connectivity index (χ3v) is 7.48. The van der Waals surface area contributed by atoms with Gasteiger partial charge in [0.1, 0.15) is 5.75 Å². The van der Waals surface area contributed by atoms with Crippen molar-refractivity contribution in [3.63, 3.8) is 0 Å². The van der Waals surface area contributed by atoms with E-state index >= 15 is 0 Å². The van der Waals surface area contributed by atoms with Crippen molar-refractivity contribution in [2.24, 2.45) is 0 Å². The molecule has 3 aromatic carbocycles. The number of anilines is 1. The van der Waals surface area contributed by atoms with Crippen molar-refractivity contribution in [3.05, 3.63) is 80.9 Å². The van der Waals surface area contributed by atoms with Crippen LogP contribution in [0.3, 0.4) is 0 Å². The molecule has 0 aliphatic heterocycles. The predicted octanol–water partition coefficient (Wildman–Crippen LogP) is 6.05. The highest BCUT2D eigenvalue weighted by Gasteiger charge is 2.17. The average molecular weight is 546 g/mol. The number of halogens is 2. The molecule has 0 unspecified atom stereocenters. The average Bonchev–Trinajstić information content (AvgIpc) is 2.68. The van der Waals surface area contributed by atoms with Gasteiger partial charge in [-0.25, -0.2) is 8.42 Å². The molecule has 0 fully saturated rings. The summed E-state index contributed by atoms with van der Waals surface area (Å²) in [4.78, 5) is 1.04. The van der Waals surface area contributed by atoms with Gasteiger partial charge in [0.05, 0.1) is 21.3 Å². The van der Waals surface area contributed by atoms with Crippen molar-refractivity contribution in [3.8, 4) is 5.75 Å². The SMILES string of the molecule is COc1ccc(S(=O)(=O)Nc2ccccc2SCc2ccc(Cl)cc2)cc1I. The summed E-state index contributed by atoms with van der Waals surface area (Å²) in [6, 6.07) is 19.7. The van der Waals surface area contributed by atoms with E-state index in [-0.39, 0.29) is 4.90 Å². The second kappa shape index (κ2) is 9.39. The van der Waals surface area contributed by atoms with Crippen LogP contribution in [0.25, 0.3) is 0 Å². The number of hydrogen-bond donors (Lipinski definition) is 1. The number of sulfonamides is 1. The summed E-state index contributed by atoms with van der Waals surface area (Å²) in [5.41, 5.74) is 1.66. The van der Waals surface area contributed by atoms with Crippen LogP contribution in [0.15, 0.2) is 76.5 Å². The highest BCUT2D eigenvalue weighted by Crippen LogP contribution is 2.32. The molecule has 0 aliphatic rings. The van der Waals surface area contributed by atoms with Crippen molar-refractivity contribution >= 4 is 61.7 Å². The van der Waals surface area contributed by atoms with Crippen molar-refractivity contribution in [1.29, 1.82) is 0 Å². The Labute approximate surface area is 187 Å². The third-order valence-electron chi connectivity index (χ3n) is 3.87. The van der Waals surface area contributed by atoms with E-state index in [0.717, 1.165) is 14.0 Å². The Balaban J connectivity index is 1.80. The van der Waals surface area contributed by atoms with Crippen molar-refractivity contribution in [1.82, 2.24) is 0 Å². The summed E-state index contributed by atoms with van der Waals surface area (Å²) in [7, 11) is -2.16. The number of thioether (sulfide) groups is 1. The minimum Gasteiger partial charge on any atom is -0.496 e. The number of para-hydroxylation sites is 1. The van der Waals surface area contributed by atoms with Gasteiger partial charge in [-0.2, -0.15) is 0 Å². The predicted molar refractivity (Wildman–Crippen MR) is 124 cm³/mol. The lowest BCUT2D eigenvalue weighted by molar-refractivity contribution is 0.411. The first-order chi connectivity index (χ1) is 13.4. The Bertz CT molecular complexity index is 1070. The van der Waals surface area contributed by atoms with Crippen LogP contribution < -0.4 is 9.46 Å². The molecule has 1 N–H and O–H groups in total. The third kappa shape index (κ3) is 5.34. The zero-order valence-electron chi connectivity index (χ0n) is 14.9. The minimum absolute atomic E-state index is 0.190. The Morgan fingerprint density at radius 1 is 1.07 bits per heavy atom. The van der Waals surface area contributed by atoms with Gasteiger partial charge >= 0.3 is 0 Å². The number of hydrogen-bond acceptors (Lipinski definition) is 4. The van der Waals surface area contributed by atoms with E-state index in [4.69, 9.17) is 16.3 Å². The molecule has 146 valence electrons. The molecule has 0 radical (unpaired) electrons. The largest absolute Gasteiger partial charge is 0.496 e. The molecule has 4 nitrogen and oxygen atoms in total. The molecule has 0 bridgehead atoms.